The summed E-state index contributed by atoms with van der Waals surface area (Å²) in [5.41, 5.74) is 3.77. The van der Waals surface area contributed by atoms with Crippen LogP contribution < -0.4 is 9.47 Å². The zero-order chi connectivity index (χ0) is 18.2. The Bertz CT molecular complexity index is 822. The van der Waals surface area contributed by atoms with E-state index in [2.05, 4.69) is 48.5 Å². The number of hydrogen-bond acceptors (Lipinski definition) is 3. The Morgan fingerprint density at radius 2 is 1.38 bits per heavy atom. The Hall–Kier alpha value is -3.07. The standard InChI is InChI=1S/C23H22O3/c1-18(24)26-23-15-13-22(14-16-23)25-17-5-6-19-9-11-21(12-10-19)20-7-3-2-4-8-20/h2-4,7-16H,5-6,17H2,1H3. The monoisotopic (exact) mass is 346 g/mol. The maximum Gasteiger partial charge on any atom is 0.308 e. The van der Waals surface area contributed by atoms with E-state index < -0.39 is 0 Å². The first-order valence-corrected chi connectivity index (χ1v) is 8.76. The molecule has 3 nitrogen and oxygen atoms in total. The highest BCUT2D eigenvalue weighted by Crippen LogP contribution is 2.20. The molecule has 3 rings (SSSR count). The van der Waals surface area contributed by atoms with E-state index in [9.17, 15) is 4.79 Å². The van der Waals surface area contributed by atoms with E-state index >= 15 is 0 Å². The topological polar surface area (TPSA) is 35.5 Å². The van der Waals surface area contributed by atoms with Crippen molar-refractivity contribution in [2.24, 2.45) is 0 Å². The highest BCUT2D eigenvalue weighted by molar-refractivity contribution is 5.69. The van der Waals surface area contributed by atoms with Crippen molar-refractivity contribution in [2.45, 2.75) is 19.8 Å². The van der Waals surface area contributed by atoms with E-state index in [0.717, 1.165) is 18.6 Å². The van der Waals surface area contributed by atoms with Crippen LogP contribution in [0.3, 0.4) is 0 Å². The van der Waals surface area contributed by atoms with Crippen LogP contribution in [0.1, 0.15) is 18.9 Å². The van der Waals surface area contributed by atoms with Gasteiger partial charge in [-0.25, -0.2) is 0 Å². The molecule has 0 aliphatic heterocycles. The van der Waals surface area contributed by atoms with E-state index in [1.54, 1.807) is 12.1 Å². The molecule has 0 saturated carbocycles. The van der Waals surface area contributed by atoms with Crippen LogP contribution in [-0.2, 0) is 11.2 Å². The summed E-state index contributed by atoms with van der Waals surface area (Å²) in [5.74, 6) is 0.987. The SMILES string of the molecule is CC(=O)Oc1ccc(OCCCc2ccc(-c3ccccc3)cc2)cc1. The van der Waals surface area contributed by atoms with Crippen molar-refractivity contribution in [2.75, 3.05) is 6.61 Å². The number of rotatable bonds is 7. The van der Waals surface area contributed by atoms with Crippen LogP contribution in [-0.4, -0.2) is 12.6 Å². The van der Waals surface area contributed by atoms with Gasteiger partial charge in [0, 0.05) is 6.92 Å². The normalized spacial score (nSPS) is 10.3. The molecule has 0 saturated heterocycles. The number of carbonyl (C=O) groups excluding carboxylic acids is 1. The average Bonchev–Trinajstić information content (AvgIpc) is 2.67. The quantitative estimate of drug-likeness (QED) is 0.331. The molecule has 3 aromatic carbocycles. The van der Waals surface area contributed by atoms with Crippen molar-refractivity contribution in [3.8, 4) is 22.6 Å². The molecule has 3 heteroatoms. The van der Waals surface area contributed by atoms with E-state index in [1.807, 2.05) is 18.2 Å². The minimum atomic E-state index is -0.322. The summed E-state index contributed by atoms with van der Waals surface area (Å²) in [5, 5.41) is 0. The zero-order valence-electron chi connectivity index (χ0n) is 14.9. The molecule has 0 unspecified atom stereocenters. The predicted molar refractivity (Wildman–Crippen MR) is 103 cm³/mol. The lowest BCUT2D eigenvalue weighted by atomic mass is 10.0. The van der Waals surface area contributed by atoms with Crippen LogP contribution in [0.2, 0.25) is 0 Å². The van der Waals surface area contributed by atoms with Gasteiger partial charge in [0.05, 0.1) is 6.61 Å². The molecular formula is C23H22O3. The molecule has 0 aromatic heterocycles. The highest BCUT2D eigenvalue weighted by Gasteiger charge is 2.01. The van der Waals surface area contributed by atoms with Gasteiger partial charge in [-0.05, 0) is 53.8 Å². The molecule has 0 aliphatic rings. The molecule has 0 fully saturated rings. The summed E-state index contributed by atoms with van der Waals surface area (Å²) >= 11 is 0. The van der Waals surface area contributed by atoms with Gasteiger partial charge in [-0.3, -0.25) is 4.79 Å². The summed E-state index contributed by atoms with van der Waals surface area (Å²) in [6.45, 7) is 2.03. The summed E-state index contributed by atoms with van der Waals surface area (Å²) in [6, 6.07) is 26.2. The smallest absolute Gasteiger partial charge is 0.308 e. The van der Waals surface area contributed by atoms with Crippen molar-refractivity contribution in [3.05, 3.63) is 84.4 Å². The molecule has 0 spiro atoms. The van der Waals surface area contributed by atoms with Gasteiger partial charge in [-0.2, -0.15) is 0 Å². The third-order valence-corrected chi connectivity index (χ3v) is 4.02. The fourth-order valence-corrected chi connectivity index (χ4v) is 2.73. The molecule has 0 heterocycles. The average molecular weight is 346 g/mol. The Morgan fingerprint density at radius 3 is 2.04 bits per heavy atom. The third kappa shape index (κ3) is 5.21. The number of carbonyl (C=O) groups is 1. The molecule has 0 bridgehead atoms. The summed E-state index contributed by atoms with van der Waals surface area (Å²) in [6.07, 6.45) is 1.91. The van der Waals surface area contributed by atoms with Crippen LogP contribution in [0.15, 0.2) is 78.9 Å². The molecule has 0 amide bonds. The van der Waals surface area contributed by atoms with Crippen molar-refractivity contribution < 1.29 is 14.3 Å². The number of ether oxygens (including phenoxy) is 2. The van der Waals surface area contributed by atoms with E-state index in [0.29, 0.717) is 12.4 Å². The summed E-state index contributed by atoms with van der Waals surface area (Å²) in [7, 11) is 0. The Morgan fingerprint density at radius 1 is 0.769 bits per heavy atom. The summed E-state index contributed by atoms with van der Waals surface area (Å²) < 4.78 is 10.7. The third-order valence-electron chi connectivity index (χ3n) is 4.02. The lowest BCUT2D eigenvalue weighted by Gasteiger charge is -2.08. The van der Waals surface area contributed by atoms with Gasteiger partial charge in [0.15, 0.2) is 0 Å². The lowest BCUT2D eigenvalue weighted by molar-refractivity contribution is -0.131. The number of hydrogen-bond donors (Lipinski definition) is 0. The Balaban J connectivity index is 1.44. The van der Waals surface area contributed by atoms with Crippen LogP contribution in [0.5, 0.6) is 11.5 Å². The second-order valence-corrected chi connectivity index (χ2v) is 6.08. The number of benzene rings is 3. The van der Waals surface area contributed by atoms with Gasteiger partial charge >= 0.3 is 5.97 Å². The van der Waals surface area contributed by atoms with E-state index in [-0.39, 0.29) is 5.97 Å². The largest absolute Gasteiger partial charge is 0.494 e. The Labute approximate surface area is 154 Å². The van der Waals surface area contributed by atoms with Crippen molar-refractivity contribution in [1.29, 1.82) is 0 Å². The predicted octanol–water partition coefficient (Wildman–Crippen LogP) is 5.29. The van der Waals surface area contributed by atoms with Crippen LogP contribution in [0, 0.1) is 0 Å². The fraction of sp³-hybridized carbons (Fsp3) is 0.174. The Kier molecular flexibility index (Phi) is 6.05. The maximum absolute atomic E-state index is 10.9. The molecule has 132 valence electrons. The van der Waals surface area contributed by atoms with Gasteiger partial charge in [-0.1, -0.05) is 54.6 Å². The maximum atomic E-state index is 10.9. The molecule has 26 heavy (non-hydrogen) atoms. The number of aryl methyl sites for hydroxylation is 1. The van der Waals surface area contributed by atoms with Gasteiger partial charge in [0.2, 0.25) is 0 Å². The first-order chi connectivity index (χ1) is 12.7. The first kappa shape index (κ1) is 17.7. The van der Waals surface area contributed by atoms with Gasteiger partial charge in [0.1, 0.15) is 11.5 Å². The molecule has 0 N–H and O–H groups in total. The van der Waals surface area contributed by atoms with Crippen LogP contribution >= 0.6 is 0 Å². The van der Waals surface area contributed by atoms with Gasteiger partial charge in [0.25, 0.3) is 0 Å². The first-order valence-electron chi connectivity index (χ1n) is 8.76. The number of esters is 1. The minimum Gasteiger partial charge on any atom is -0.494 e. The second-order valence-electron chi connectivity index (χ2n) is 6.08. The van der Waals surface area contributed by atoms with Crippen LogP contribution in [0.4, 0.5) is 0 Å². The molecule has 3 aromatic rings. The zero-order valence-corrected chi connectivity index (χ0v) is 14.9. The highest BCUT2D eigenvalue weighted by atomic mass is 16.5. The van der Waals surface area contributed by atoms with Gasteiger partial charge in [-0.15, -0.1) is 0 Å². The van der Waals surface area contributed by atoms with E-state index in [4.69, 9.17) is 9.47 Å². The lowest BCUT2D eigenvalue weighted by Crippen LogP contribution is -2.02. The molecule has 0 atom stereocenters. The van der Waals surface area contributed by atoms with Crippen molar-refractivity contribution in [1.82, 2.24) is 0 Å². The van der Waals surface area contributed by atoms with Crippen molar-refractivity contribution >= 4 is 5.97 Å². The van der Waals surface area contributed by atoms with E-state index in [1.165, 1.54) is 23.6 Å². The molecular weight excluding hydrogens is 324 g/mol. The fourth-order valence-electron chi connectivity index (χ4n) is 2.73. The van der Waals surface area contributed by atoms with Crippen LogP contribution in [0.25, 0.3) is 11.1 Å². The second kappa shape index (κ2) is 8.86. The van der Waals surface area contributed by atoms with Gasteiger partial charge < -0.3 is 9.47 Å². The molecule has 0 radical (unpaired) electrons. The molecule has 0 aliphatic carbocycles. The minimum absolute atomic E-state index is 0.322. The van der Waals surface area contributed by atoms with Crippen molar-refractivity contribution in [3.63, 3.8) is 0 Å². The summed E-state index contributed by atoms with van der Waals surface area (Å²) in [4.78, 5) is 10.9.